The van der Waals surface area contributed by atoms with E-state index in [1.54, 1.807) is 12.1 Å². The van der Waals surface area contributed by atoms with Crippen LogP contribution in [0.3, 0.4) is 0 Å². The lowest BCUT2D eigenvalue weighted by atomic mass is 10.2. The fourth-order valence-electron chi connectivity index (χ4n) is 0.856. The lowest BCUT2D eigenvalue weighted by molar-refractivity contribution is 0.108. The highest BCUT2D eigenvalue weighted by Gasteiger charge is 2.12. The highest BCUT2D eigenvalue weighted by molar-refractivity contribution is 9.11. The van der Waals surface area contributed by atoms with E-state index < -0.39 is 5.24 Å². The molecule has 0 spiro atoms. The molecule has 5 heteroatoms. The van der Waals surface area contributed by atoms with Crippen LogP contribution in [0, 0.1) is 0 Å². The molecule has 2 nitrogen and oxygen atoms in total. The van der Waals surface area contributed by atoms with Crippen LogP contribution >= 0.6 is 43.5 Å². The second kappa shape index (κ2) is 4.44. The van der Waals surface area contributed by atoms with Crippen LogP contribution in [0.25, 0.3) is 0 Å². The molecule has 13 heavy (non-hydrogen) atoms. The number of benzene rings is 1. The van der Waals surface area contributed by atoms with Crippen LogP contribution in [-0.4, -0.2) is 12.4 Å². The Hall–Kier alpha value is -0.0600. The first-order chi connectivity index (χ1) is 6.06. The van der Waals surface area contributed by atoms with Crippen LogP contribution in [-0.2, 0) is 0 Å². The fraction of sp³-hybridized carbons (Fsp3) is 0.125. The molecule has 0 amide bonds. The summed E-state index contributed by atoms with van der Waals surface area (Å²) in [6, 6.07) is 3.37. The second-order valence-electron chi connectivity index (χ2n) is 2.24. The van der Waals surface area contributed by atoms with Crippen molar-refractivity contribution in [2.45, 2.75) is 0 Å². The van der Waals surface area contributed by atoms with Gasteiger partial charge in [0.15, 0.2) is 0 Å². The standard InChI is InChI=1S/C8H5Br2ClO2/c1-13-6-3-4(9)2-5(7(6)10)8(11)12/h2-3H,1H3. The van der Waals surface area contributed by atoms with Gasteiger partial charge in [-0.25, -0.2) is 0 Å². The topological polar surface area (TPSA) is 26.3 Å². The third-order valence-electron chi connectivity index (χ3n) is 1.44. The molecule has 0 saturated heterocycles. The Labute approximate surface area is 97.5 Å². The van der Waals surface area contributed by atoms with Gasteiger partial charge in [0.2, 0.25) is 0 Å². The smallest absolute Gasteiger partial charge is 0.253 e. The summed E-state index contributed by atoms with van der Waals surface area (Å²) in [4.78, 5) is 10.9. The summed E-state index contributed by atoms with van der Waals surface area (Å²) in [5, 5.41) is -0.522. The van der Waals surface area contributed by atoms with Gasteiger partial charge in [-0.1, -0.05) is 15.9 Å². The first kappa shape index (κ1) is 11.0. The van der Waals surface area contributed by atoms with Crippen molar-refractivity contribution in [2.24, 2.45) is 0 Å². The Morgan fingerprint density at radius 1 is 1.46 bits per heavy atom. The summed E-state index contributed by atoms with van der Waals surface area (Å²) in [5.74, 6) is 0.568. The summed E-state index contributed by atoms with van der Waals surface area (Å²) in [7, 11) is 1.52. The van der Waals surface area contributed by atoms with E-state index in [0.29, 0.717) is 15.8 Å². The van der Waals surface area contributed by atoms with Gasteiger partial charge in [0, 0.05) is 4.47 Å². The Bertz CT molecular complexity index is 352. The average Bonchev–Trinajstić information content (AvgIpc) is 2.08. The van der Waals surface area contributed by atoms with Crippen molar-refractivity contribution < 1.29 is 9.53 Å². The number of hydrogen-bond acceptors (Lipinski definition) is 2. The minimum atomic E-state index is -0.522. The Morgan fingerprint density at radius 3 is 2.54 bits per heavy atom. The molecule has 0 bridgehead atoms. The molecule has 0 N–H and O–H groups in total. The van der Waals surface area contributed by atoms with Crippen LogP contribution < -0.4 is 4.74 Å². The number of ether oxygens (including phenoxy) is 1. The van der Waals surface area contributed by atoms with Crippen LogP contribution in [0.5, 0.6) is 5.75 Å². The Kier molecular flexibility index (Phi) is 3.76. The van der Waals surface area contributed by atoms with Gasteiger partial charge in [-0.2, -0.15) is 0 Å². The maximum atomic E-state index is 10.9. The third kappa shape index (κ3) is 2.45. The fourth-order valence-corrected chi connectivity index (χ4v) is 2.13. The molecular formula is C8H5Br2ClO2. The van der Waals surface area contributed by atoms with E-state index in [-0.39, 0.29) is 0 Å². The number of hydrogen-bond donors (Lipinski definition) is 0. The summed E-state index contributed by atoms with van der Waals surface area (Å²) in [6.45, 7) is 0. The van der Waals surface area contributed by atoms with E-state index >= 15 is 0 Å². The molecular weight excluding hydrogens is 323 g/mol. The van der Waals surface area contributed by atoms with Crippen LogP contribution in [0.2, 0.25) is 0 Å². The highest BCUT2D eigenvalue weighted by Crippen LogP contribution is 2.33. The lowest BCUT2D eigenvalue weighted by Gasteiger charge is -2.06. The monoisotopic (exact) mass is 326 g/mol. The zero-order valence-electron chi connectivity index (χ0n) is 6.61. The number of methoxy groups -OCH3 is 1. The molecule has 70 valence electrons. The van der Waals surface area contributed by atoms with E-state index in [2.05, 4.69) is 31.9 Å². The maximum absolute atomic E-state index is 10.9. The SMILES string of the molecule is COc1cc(Br)cc(C(=O)Cl)c1Br. The van der Waals surface area contributed by atoms with Crippen LogP contribution in [0.15, 0.2) is 21.1 Å². The zero-order valence-corrected chi connectivity index (χ0v) is 10.5. The van der Waals surface area contributed by atoms with Gasteiger partial charge < -0.3 is 4.74 Å². The van der Waals surface area contributed by atoms with Crippen molar-refractivity contribution in [3.05, 3.63) is 26.6 Å². The average molecular weight is 328 g/mol. The largest absolute Gasteiger partial charge is 0.496 e. The van der Waals surface area contributed by atoms with Gasteiger partial charge in [0.25, 0.3) is 5.24 Å². The van der Waals surface area contributed by atoms with Crippen LogP contribution in [0.1, 0.15) is 10.4 Å². The molecule has 0 heterocycles. The molecule has 1 aromatic carbocycles. The van der Waals surface area contributed by atoms with Crippen molar-refractivity contribution >= 4 is 48.7 Å². The number of carbonyl (C=O) groups excluding carboxylic acids is 1. The van der Waals surface area contributed by atoms with Crippen molar-refractivity contribution in [2.75, 3.05) is 7.11 Å². The number of carbonyl (C=O) groups is 1. The molecule has 0 unspecified atom stereocenters. The zero-order chi connectivity index (χ0) is 10.0. The van der Waals surface area contributed by atoms with E-state index in [0.717, 1.165) is 4.47 Å². The summed E-state index contributed by atoms with van der Waals surface area (Å²) in [6.07, 6.45) is 0. The Morgan fingerprint density at radius 2 is 2.08 bits per heavy atom. The van der Waals surface area contributed by atoms with E-state index in [1.807, 2.05) is 0 Å². The molecule has 0 aliphatic heterocycles. The summed E-state index contributed by atoms with van der Waals surface area (Å²) in [5.41, 5.74) is 0.382. The molecule has 0 aromatic heterocycles. The lowest BCUT2D eigenvalue weighted by Crippen LogP contribution is -1.94. The molecule has 1 rings (SSSR count). The van der Waals surface area contributed by atoms with Crippen molar-refractivity contribution in [3.8, 4) is 5.75 Å². The predicted octanol–water partition coefficient (Wildman–Crippen LogP) is 3.60. The number of rotatable bonds is 2. The minimum absolute atomic E-state index is 0.382. The van der Waals surface area contributed by atoms with Gasteiger partial charge in [-0.15, -0.1) is 0 Å². The maximum Gasteiger partial charge on any atom is 0.253 e. The van der Waals surface area contributed by atoms with Gasteiger partial charge >= 0.3 is 0 Å². The molecule has 0 aliphatic carbocycles. The molecule has 0 aliphatic rings. The first-order valence-corrected chi connectivity index (χ1v) is 5.25. The van der Waals surface area contributed by atoms with Gasteiger partial charge in [-0.3, -0.25) is 4.79 Å². The quantitative estimate of drug-likeness (QED) is 0.776. The minimum Gasteiger partial charge on any atom is -0.496 e. The van der Waals surface area contributed by atoms with Crippen LogP contribution in [0.4, 0.5) is 0 Å². The van der Waals surface area contributed by atoms with Gasteiger partial charge in [0.05, 0.1) is 17.1 Å². The number of halogens is 3. The van der Waals surface area contributed by atoms with Gasteiger partial charge in [0.1, 0.15) is 5.75 Å². The first-order valence-electron chi connectivity index (χ1n) is 3.29. The molecule has 1 aromatic rings. The van der Waals surface area contributed by atoms with Crippen molar-refractivity contribution in [3.63, 3.8) is 0 Å². The summed E-state index contributed by atoms with van der Waals surface area (Å²) >= 11 is 11.8. The molecule has 0 fully saturated rings. The van der Waals surface area contributed by atoms with E-state index in [9.17, 15) is 4.79 Å². The van der Waals surface area contributed by atoms with E-state index in [1.165, 1.54) is 7.11 Å². The Balaban J connectivity index is 3.35. The molecule has 0 radical (unpaired) electrons. The van der Waals surface area contributed by atoms with Gasteiger partial charge in [-0.05, 0) is 39.7 Å². The summed E-state index contributed by atoms with van der Waals surface area (Å²) < 4.78 is 6.34. The second-order valence-corrected chi connectivity index (χ2v) is 4.30. The normalized spacial score (nSPS) is 9.85. The van der Waals surface area contributed by atoms with Crippen molar-refractivity contribution in [1.29, 1.82) is 0 Å². The molecule has 0 atom stereocenters. The molecule has 0 saturated carbocycles. The predicted molar refractivity (Wildman–Crippen MR) is 58.6 cm³/mol. The third-order valence-corrected chi connectivity index (χ3v) is 2.92. The van der Waals surface area contributed by atoms with E-state index in [4.69, 9.17) is 16.3 Å². The van der Waals surface area contributed by atoms with Crippen molar-refractivity contribution in [1.82, 2.24) is 0 Å². The highest BCUT2D eigenvalue weighted by atomic mass is 79.9.